The highest BCUT2D eigenvalue weighted by Gasteiger charge is 2.39. The first-order chi connectivity index (χ1) is 13.8. The number of aryl methyl sites for hydroxylation is 1. The zero-order chi connectivity index (χ0) is 21.4. The van der Waals surface area contributed by atoms with Gasteiger partial charge in [-0.1, -0.05) is 47.5 Å². The molecule has 0 amide bonds. The Labute approximate surface area is 185 Å². The molecule has 1 fully saturated rings. The molecule has 0 spiro atoms. The molecule has 1 aliphatic carbocycles. The van der Waals surface area contributed by atoms with Crippen LogP contribution in [0.3, 0.4) is 0 Å². The van der Waals surface area contributed by atoms with Gasteiger partial charge in [-0.05, 0) is 44.1 Å². The van der Waals surface area contributed by atoms with E-state index in [1.54, 1.807) is 12.1 Å². The molecule has 0 aliphatic heterocycles. The highest BCUT2D eigenvalue weighted by atomic mass is 35.5. The van der Waals surface area contributed by atoms with Crippen molar-refractivity contribution in [2.75, 3.05) is 0 Å². The molecule has 0 saturated heterocycles. The van der Waals surface area contributed by atoms with Gasteiger partial charge < -0.3 is 20.4 Å². The Kier molecular flexibility index (Phi) is 10.2. The lowest BCUT2D eigenvalue weighted by Gasteiger charge is -2.19. The number of aliphatic carboxylic acids is 1. The Balaban J connectivity index is 1.83. The summed E-state index contributed by atoms with van der Waals surface area (Å²) >= 11 is 13.3. The first kappa shape index (κ1) is 24.4. The fraction of sp³-hybridized carbons (Fsp3) is 0.571. The second kappa shape index (κ2) is 12.1. The van der Waals surface area contributed by atoms with Crippen molar-refractivity contribution in [2.45, 2.75) is 63.3 Å². The largest absolute Gasteiger partial charge is 0.481 e. The fourth-order valence-electron chi connectivity index (χ4n) is 3.61. The van der Waals surface area contributed by atoms with Gasteiger partial charge in [-0.15, -0.1) is 11.3 Å². The van der Waals surface area contributed by atoms with Gasteiger partial charge in [-0.3, -0.25) is 4.79 Å². The molecule has 5 nitrogen and oxygen atoms in total. The number of allylic oxidation sites excluding steroid dienone is 2. The molecule has 1 aromatic heterocycles. The van der Waals surface area contributed by atoms with Crippen molar-refractivity contribution in [1.82, 2.24) is 0 Å². The van der Waals surface area contributed by atoms with E-state index < -0.39 is 24.3 Å². The van der Waals surface area contributed by atoms with Gasteiger partial charge in [0.25, 0.3) is 0 Å². The summed E-state index contributed by atoms with van der Waals surface area (Å²) < 4.78 is 0.550. The molecule has 0 radical (unpaired) electrons. The maximum Gasteiger partial charge on any atom is 0.303 e. The maximum atomic E-state index is 10.5. The zero-order valence-electron chi connectivity index (χ0n) is 16.1. The van der Waals surface area contributed by atoms with Gasteiger partial charge in [-0.25, -0.2) is 0 Å². The number of unbranched alkanes of at least 4 members (excludes halogenated alkanes) is 1. The van der Waals surface area contributed by atoms with E-state index >= 15 is 0 Å². The SMILES string of the molecule is O=C(O)CCC/C=C/CC1C(O)CC(O)C1/C=C/C(O)CCc1cc(Cl)c(Cl)s1. The number of rotatable bonds is 11. The third kappa shape index (κ3) is 8.04. The maximum absolute atomic E-state index is 10.5. The topological polar surface area (TPSA) is 98.0 Å². The van der Waals surface area contributed by atoms with Crippen LogP contribution in [0, 0.1) is 11.8 Å². The monoisotopic (exact) mass is 462 g/mol. The minimum atomic E-state index is -0.804. The molecule has 1 aliphatic rings. The van der Waals surface area contributed by atoms with Crippen molar-refractivity contribution < 1.29 is 25.2 Å². The number of thiophene rings is 1. The smallest absolute Gasteiger partial charge is 0.303 e. The fourth-order valence-corrected chi connectivity index (χ4v) is 5.05. The first-order valence-corrected chi connectivity index (χ1v) is 11.4. The van der Waals surface area contributed by atoms with E-state index in [4.69, 9.17) is 28.3 Å². The standard InChI is InChI=1S/C21H28Cl2O5S/c22-17-11-14(29-21(17)23)9-7-13(24)8-10-16-15(18(25)12-19(16)26)5-3-1-2-4-6-20(27)28/h1,3,8,10-11,13,15-16,18-19,24-26H,2,4-7,9,12H2,(H,27,28)/b3-1+,10-8+. The average molecular weight is 463 g/mol. The van der Waals surface area contributed by atoms with Crippen LogP contribution in [0.15, 0.2) is 30.4 Å². The van der Waals surface area contributed by atoms with Crippen LogP contribution in [0.4, 0.5) is 0 Å². The molecule has 0 bridgehead atoms. The summed E-state index contributed by atoms with van der Waals surface area (Å²) in [4.78, 5) is 11.5. The second-order valence-corrected chi connectivity index (χ2v) is 9.58. The Morgan fingerprint density at radius 2 is 2.03 bits per heavy atom. The Hall–Kier alpha value is -0.890. The summed E-state index contributed by atoms with van der Waals surface area (Å²) in [6, 6.07) is 1.81. The van der Waals surface area contributed by atoms with E-state index in [-0.39, 0.29) is 18.3 Å². The minimum Gasteiger partial charge on any atom is -0.481 e. The summed E-state index contributed by atoms with van der Waals surface area (Å²) in [5.41, 5.74) is 0. The summed E-state index contributed by atoms with van der Waals surface area (Å²) in [6.45, 7) is 0. The number of carboxylic acid groups (broad SMARTS) is 1. The van der Waals surface area contributed by atoms with Gasteiger partial charge in [-0.2, -0.15) is 0 Å². The van der Waals surface area contributed by atoms with Gasteiger partial charge in [0, 0.05) is 23.6 Å². The number of halogens is 2. The van der Waals surface area contributed by atoms with Crippen molar-refractivity contribution >= 4 is 40.5 Å². The van der Waals surface area contributed by atoms with E-state index in [2.05, 4.69) is 0 Å². The molecule has 1 aromatic rings. The molecule has 29 heavy (non-hydrogen) atoms. The third-order valence-corrected chi connectivity index (χ3v) is 7.12. The van der Waals surface area contributed by atoms with E-state index in [1.165, 1.54) is 11.3 Å². The second-order valence-electron chi connectivity index (χ2n) is 7.43. The summed E-state index contributed by atoms with van der Waals surface area (Å²) in [7, 11) is 0. The van der Waals surface area contributed by atoms with Crippen molar-refractivity contribution in [3.05, 3.63) is 44.6 Å². The van der Waals surface area contributed by atoms with Crippen LogP contribution in [0.25, 0.3) is 0 Å². The van der Waals surface area contributed by atoms with Gasteiger partial charge in [0.15, 0.2) is 0 Å². The lowest BCUT2D eigenvalue weighted by molar-refractivity contribution is -0.137. The van der Waals surface area contributed by atoms with Crippen LogP contribution >= 0.6 is 34.5 Å². The first-order valence-electron chi connectivity index (χ1n) is 9.81. The third-order valence-electron chi connectivity index (χ3n) is 5.19. The lowest BCUT2D eigenvalue weighted by atomic mass is 9.89. The molecule has 1 saturated carbocycles. The normalized spacial score (nSPS) is 26.0. The van der Waals surface area contributed by atoms with Crippen LogP contribution in [-0.2, 0) is 11.2 Å². The van der Waals surface area contributed by atoms with Crippen molar-refractivity contribution in [3.8, 4) is 0 Å². The zero-order valence-corrected chi connectivity index (χ0v) is 18.4. The van der Waals surface area contributed by atoms with Crippen LogP contribution in [0.1, 0.15) is 43.4 Å². The minimum absolute atomic E-state index is 0.126. The molecule has 1 heterocycles. The van der Waals surface area contributed by atoms with Gasteiger partial charge in [0.1, 0.15) is 4.34 Å². The predicted octanol–water partition coefficient (Wildman–Crippen LogP) is 4.46. The van der Waals surface area contributed by atoms with Crippen molar-refractivity contribution in [2.24, 2.45) is 11.8 Å². The number of carbonyl (C=O) groups is 1. The highest BCUT2D eigenvalue weighted by Crippen LogP contribution is 2.36. The molecule has 0 aromatic carbocycles. The number of aliphatic hydroxyl groups is 3. The molecular formula is C21H28Cl2O5S. The Morgan fingerprint density at radius 1 is 1.28 bits per heavy atom. The number of hydrogen-bond acceptors (Lipinski definition) is 5. The summed E-state index contributed by atoms with van der Waals surface area (Å²) in [6.07, 6.45) is 8.93. The predicted molar refractivity (Wildman–Crippen MR) is 117 cm³/mol. The summed E-state index contributed by atoms with van der Waals surface area (Å²) in [5, 5.41) is 39.9. The molecular weight excluding hydrogens is 435 g/mol. The molecule has 4 N–H and O–H groups in total. The number of hydrogen-bond donors (Lipinski definition) is 4. The molecule has 8 heteroatoms. The summed E-state index contributed by atoms with van der Waals surface area (Å²) in [5.74, 6) is -1.16. The van der Waals surface area contributed by atoms with Gasteiger partial charge in [0.05, 0.1) is 23.3 Å². The van der Waals surface area contributed by atoms with Crippen molar-refractivity contribution in [3.63, 3.8) is 0 Å². The highest BCUT2D eigenvalue weighted by molar-refractivity contribution is 7.16. The van der Waals surface area contributed by atoms with Gasteiger partial charge in [0.2, 0.25) is 0 Å². The molecule has 162 valence electrons. The molecule has 5 unspecified atom stereocenters. The van der Waals surface area contributed by atoms with E-state index in [9.17, 15) is 20.1 Å². The van der Waals surface area contributed by atoms with Crippen molar-refractivity contribution in [1.29, 1.82) is 0 Å². The molecule has 2 rings (SSSR count). The van der Waals surface area contributed by atoms with E-state index in [1.807, 2.05) is 18.2 Å². The van der Waals surface area contributed by atoms with Crippen LogP contribution in [-0.4, -0.2) is 44.7 Å². The van der Waals surface area contributed by atoms with E-state index in [0.29, 0.717) is 47.9 Å². The van der Waals surface area contributed by atoms with Crippen LogP contribution in [0.2, 0.25) is 9.36 Å². The molecule has 5 atom stereocenters. The Bertz CT molecular complexity index is 698. The number of aliphatic hydroxyl groups excluding tert-OH is 3. The van der Waals surface area contributed by atoms with Gasteiger partial charge >= 0.3 is 5.97 Å². The average Bonchev–Trinajstić information content (AvgIpc) is 3.11. The Morgan fingerprint density at radius 3 is 2.69 bits per heavy atom. The number of carboxylic acids is 1. The lowest BCUT2D eigenvalue weighted by Crippen LogP contribution is -2.20. The van der Waals surface area contributed by atoms with Crippen LogP contribution < -0.4 is 0 Å². The quantitative estimate of drug-likeness (QED) is 0.287. The van der Waals surface area contributed by atoms with E-state index in [0.717, 1.165) is 4.88 Å². The van der Waals surface area contributed by atoms with Crippen LogP contribution in [0.5, 0.6) is 0 Å².